The molecule has 0 unspecified atom stereocenters. The average molecular weight is 397 g/mol. The second-order valence-electron chi connectivity index (χ2n) is 7.06. The van der Waals surface area contributed by atoms with Gasteiger partial charge in [-0.1, -0.05) is 36.4 Å². The summed E-state index contributed by atoms with van der Waals surface area (Å²) in [5.74, 6) is 0.679. The molecule has 0 saturated carbocycles. The fourth-order valence-corrected chi connectivity index (χ4v) is 2.76. The van der Waals surface area contributed by atoms with Crippen LogP contribution in [0.4, 0.5) is 0 Å². The van der Waals surface area contributed by atoms with Crippen molar-refractivity contribution in [2.24, 2.45) is 4.99 Å². The fraction of sp³-hybridized carbons (Fsp3) is 0.391. The quantitative estimate of drug-likeness (QED) is 0.450. The number of guanidine groups is 1. The van der Waals surface area contributed by atoms with Crippen molar-refractivity contribution in [2.75, 3.05) is 20.6 Å². The van der Waals surface area contributed by atoms with Crippen LogP contribution < -0.4 is 16.0 Å². The van der Waals surface area contributed by atoms with Crippen molar-refractivity contribution in [1.29, 1.82) is 0 Å². The number of hydrogen-bond acceptors (Lipinski definition) is 3. The van der Waals surface area contributed by atoms with Gasteiger partial charge in [0.2, 0.25) is 0 Å². The monoisotopic (exact) mass is 396 g/mol. The predicted molar refractivity (Wildman–Crippen MR) is 118 cm³/mol. The summed E-state index contributed by atoms with van der Waals surface area (Å²) in [6.45, 7) is 6.13. The molecule has 0 heterocycles. The van der Waals surface area contributed by atoms with E-state index < -0.39 is 0 Å². The maximum atomic E-state index is 11.7. The molecular formula is C23H32N4O2. The first-order valence-corrected chi connectivity index (χ1v) is 9.96. The lowest BCUT2D eigenvalue weighted by Gasteiger charge is -2.13. The number of nitrogens with zero attached hydrogens (tertiary/aromatic N) is 1. The van der Waals surface area contributed by atoms with Gasteiger partial charge in [-0.15, -0.1) is 0 Å². The van der Waals surface area contributed by atoms with Gasteiger partial charge in [0.1, 0.15) is 0 Å². The molecule has 0 aliphatic carbocycles. The first-order valence-electron chi connectivity index (χ1n) is 9.96. The van der Waals surface area contributed by atoms with Gasteiger partial charge in [-0.2, -0.15) is 0 Å². The number of carbonyl (C=O) groups is 1. The summed E-state index contributed by atoms with van der Waals surface area (Å²) in [5.41, 5.74) is 4.13. The van der Waals surface area contributed by atoms with Crippen molar-refractivity contribution in [3.8, 4) is 0 Å². The predicted octanol–water partition coefficient (Wildman–Crippen LogP) is 2.88. The Bertz CT molecular complexity index is 801. The molecule has 3 N–H and O–H groups in total. The van der Waals surface area contributed by atoms with Crippen LogP contribution in [-0.2, 0) is 24.3 Å². The van der Waals surface area contributed by atoms with Gasteiger partial charge in [-0.05, 0) is 49.1 Å². The van der Waals surface area contributed by atoms with Crippen LogP contribution in [0, 0.1) is 0 Å². The van der Waals surface area contributed by atoms with Crippen LogP contribution in [0.15, 0.2) is 53.5 Å². The van der Waals surface area contributed by atoms with E-state index >= 15 is 0 Å². The summed E-state index contributed by atoms with van der Waals surface area (Å²) >= 11 is 0. The maximum Gasteiger partial charge on any atom is 0.251 e. The Morgan fingerprint density at radius 3 is 2.41 bits per heavy atom. The second kappa shape index (κ2) is 11.9. The lowest BCUT2D eigenvalue weighted by Crippen LogP contribution is -2.37. The molecule has 0 fully saturated rings. The molecule has 156 valence electrons. The van der Waals surface area contributed by atoms with Crippen LogP contribution in [0.2, 0.25) is 0 Å². The van der Waals surface area contributed by atoms with Crippen LogP contribution in [0.1, 0.15) is 40.9 Å². The molecule has 6 heteroatoms. The van der Waals surface area contributed by atoms with Crippen molar-refractivity contribution >= 4 is 11.9 Å². The Hall–Kier alpha value is -2.86. The highest BCUT2D eigenvalue weighted by Crippen LogP contribution is 2.07. The number of aliphatic imine (C=N–C) groups is 1. The van der Waals surface area contributed by atoms with Crippen molar-refractivity contribution in [2.45, 2.75) is 39.5 Å². The zero-order chi connectivity index (χ0) is 21.1. The molecule has 0 radical (unpaired) electrons. The standard InChI is InChI=1S/C23H32N4O2/c1-17(2)29-16-20-10-8-19(9-11-20)15-27-23(25-4)26-13-12-18-6-5-7-21(14-18)22(28)24-3/h5-11,14,17H,12-13,15-16H2,1-4H3,(H,24,28)(H2,25,26,27). The molecule has 0 aliphatic rings. The van der Waals surface area contributed by atoms with Crippen molar-refractivity contribution in [1.82, 2.24) is 16.0 Å². The third kappa shape index (κ3) is 7.95. The molecule has 29 heavy (non-hydrogen) atoms. The minimum atomic E-state index is -0.0703. The number of benzene rings is 2. The van der Waals surface area contributed by atoms with Crippen LogP contribution in [-0.4, -0.2) is 38.6 Å². The smallest absolute Gasteiger partial charge is 0.251 e. The number of nitrogens with one attached hydrogen (secondary N) is 3. The normalized spacial score (nSPS) is 11.4. The highest BCUT2D eigenvalue weighted by Gasteiger charge is 2.04. The highest BCUT2D eigenvalue weighted by molar-refractivity contribution is 5.94. The zero-order valence-electron chi connectivity index (χ0n) is 17.8. The van der Waals surface area contributed by atoms with E-state index in [9.17, 15) is 4.79 Å². The summed E-state index contributed by atoms with van der Waals surface area (Å²) in [6, 6.07) is 16.0. The third-order valence-electron chi connectivity index (χ3n) is 4.41. The third-order valence-corrected chi connectivity index (χ3v) is 4.41. The fourth-order valence-electron chi connectivity index (χ4n) is 2.76. The average Bonchev–Trinajstić information content (AvgIpc) is 2.75. The SMILES string of the molecule is CN=C(NCCc1cccc(C(=O)NC)c1)NCc1ccc(COC(C)C)cc1. The Balaban J connectivity index is 1.77. The summed E-state index contributed by atoms with van der Waals surface area (Å²) in [6.07, 6.45) is 1.04. The largest absolute Gasteiger partial charge is 0.374 e. The van der Waals surface area contributed by atoms with E-state index in [0.717, 1.165) is 24.5 Å². The number of carbonyl (C=O) groups excluding carboxylic acids is 1. The first kappa shape index (κ1) is 22.4. The van der Waals surface area contributed by atoms with Crippen molar-refractivity contribution in [3.05, 3.63) is 70.8 Å². The lowest BCUT2D eigenvalue weighted by atomic mass is 10.1. The van der Waals surface area contributed by atoms with E-state index in [0.29, 0.717) is 18.7 Å². The number of ether oxygens (including phenoxy) is 1. The van der Waals surface area contributed by atoms with E-state index in [1.807, 2.05) is 38.1 Å². The lowest BCUT2D eigenvalue weighted by molar-refractivity contribution is 0.0657. The first-order chi connectivity index (χ1) is 14.0. The van der Waals surface area contributed by atoms with Gasteiger partial charge in [0.05, 0.1) is 12.7 Å². The molecule has 0 atom stereocenters. The molecular weight excluding hydrogens is 364 g/mol. The van der Waals surface area contributed by atoms with Crippen LogP contribution >= 0.6 is 0 Å². The molecule has 1 amide bonds. The van der Waals surface area contributed by atoms with Gasteiger partial charge in [-0.3, -0.25) is 9.79 Å². The van der Waals surface area contributed by atoms with Gasteiger partial charge < -0.3 is 20.7 Å². The number of rotatable bonds is 9. The Labute approximate surface area is 173 Å². The van der Waals surface area contributed by atoms with Gasteiger partial charge >= 0.3 is 0 Å². The van der Waals surface area contributed by atoms with E-state index in [1.54, 1.807) is 14.1 Å². The van der Waals surface area contributed by atoms with E-state index in [-0.39, 0.29) is 12.0 Å². The Kier molecular flexibility index (Phi) is 9.18. The van der Waals surface area contributed by atoms with E-state index in [1.165, 1.54) is 11.1 Å². The Morgan fingerprint density at radius 2 is 1.76 bits per heavy atom. The van der Waals surface area contributed by atoms with E-state index in [2.05, 4.69) is 45.2 Å². The number of hydrogen-bond donors (Lipinski definition) is 3. The molecule has 6 nitrogen and oxygen atoms in total. The van der Waals surface area contributed by atoms with Crippen LogP contribution in [0.3, 0.4) is 0 Å². The van der Waals surface area contributed by atoms with Crippen LogP contribution in [0.25, 0.3) is 0 Å². The van der Waals surface area contributed by atoms with Gasteiger partial charge in [0, 0.05) is 32.7 Å². The molecule has 0 aliphatic heterocycles. The van der Waals surface area contributed by atoms with Gasteiger partial charge in [0.15, 0.2) is 5.96 Å². The minimum Gasteiger partial charge on any atom is -0.374 e. The highest BCUT2D eigenvalue weighted by atomic mass is 16.5. The summed E-state index contributed by atoms with van der Waals surface area (Å²) in [4.78, 5) is 16.0. The molecule has 0 spiro atoms. The van der Waals surface area contributed by atoms with Crippen LogP contribution in [0.5, 0.6) is 0 Å². The van der Waals surface area contributed by atoms with Crippen molar-refractivity contribution < 1.29 is 9.53 Å². The zero-order valence-corrected chi connectivity index (χ0v) is 17.8. The van der Waals surface area contributed by atoms with Gasteiger partial charge in [0.25, 0.3) is 5.91 Å². The summed E-state index contributed by atoms with van der Waals surface area (Å²) in [5, 5.41) is 9.29. The topological polar surface area (TPSA) is 74.8 Å². The molecule has 0 saturated heterocycles. The Morgan fingerprint density at radius 1 is 1.03 bits per heavy atom. The molecule has 0 aromatic heterocycles. The maximum absolute atomic E-state index is 11.7. The number of amides is 1. The van der Waals surface area contributed by atoms with E-state index in [4.69, 9.17) is 4.74 Å². The molecule has 2 rings (SSSR count). The van der Waals surface area contributed by atoms with Crippen molar-refractivity contribution in [3.63, 3.8) is 0 Å². The summed E-state index contributed by atoms with van der Waals surface area (Å²) < 4.78 is 5.62. The molecule has 2 aromatic rings. The second-order valence-corrected chi connectivity index (χ2v) is 7.06. The molecule has 0 bridgehead atoms. The summed E-state index contributed by atoms with van der Waals surface area (Å²) in [7, 11) is 3.40. The van der Waals surface area contributed by atoms with Gasteiger partial charge in [-0.25, -0.2) is 0 Å². The molecule has 2 aromatic carbocycles. The minimum absolute atomic E-state index is 0.0703.